The molecule has 3 nitrogen and oxygen atoms in total. The number of hydrogen-bond acceptors (Lipinski definition) is 3. The second-order valence-electron chi connectivity index (χ2n) is 3.88. The number of hydrogen-bond donors (Lipinski definition) is 0. The van der Waals surface area contributed by atoms with Gasteiger partial charge in [0.1, 0.15) is 11.3 Å². The Balaban J connectivity index is 2.58. The molecule has 1 heterocycles. The Morgan fingerprint density at radius 1 is 1.35 bits per heavy atom. The van der Waals surface area contributed by atoms with Gasteiger partial charge in [-0.1, -0.05) is 19.1 Å². The molecule has 87 valence electrons. The lowest BCUT2D eigenvalue weighted by atomic mass is 10.1. The molecule has 17 heavy (non-hydrogen) atoms. The minimum Gasteiger partial charge on any atom is -0.624 e. The predicted molar refractivity (Wildman–Crippen MR) is 69.2 cm³/mol. The third-order valence-corrected chi connectivity index (χ3v) is 3.21. The number of pyridine rings is 1. The van der Waals surface area contributed by atoms with Crippen molar-refractivity contribution < 1.29 is 7.58 Å². The number of aryl methyl sites for hydroxylation is 2. The fraction of sp³-hybridized carbons (Fsp3) is 0.308. The van der Waals surface area contributed by atoms with Crippen LogP contribution in [0.4, 0.5) is 0 Å². The molecule has 1 aromatic heterocycles. The van der Waals surface area contributed by atoms with Crippen LogP contribution in [0.1, 0.15) is 18.2 Å². The van der Waals surface area contributed by atoms with Crippen LogP contribution in [0, 0.1) is 6.92 Å². The molecule has 1 radical (unpaired) electrons. The first kappa shape index (κ1) is 12.4. The van der Waals surface area contributed by atoms with Gasteiger partial charge >= 0.3 is 15.9 Å². The summed E-state index contributed by atoms with van der Waals surface area (Å²) < 4.78 is 10.6. The van der Waals surface area contributed by atoms with Crippen LogP contribution in [0.5, 0.6) is 5.75 Å². The Bertz CT molecular complexity index is 528. The van der Waals surface area contributed by atoms with E-state index in [1.807, 2.05) is 19.1 Å². The van der Waals surface area contributed by atoms with Crippen molar-refractivity contribution in [2.24, 2.45) is 0 Å². The molecule has 2 aromatic rings. The highest BCUT2D eigenvalue weighted by molar-refractivity contribution is 6.19. The van der Waals surface area contributed by atoms with Crippen molar-refractivity contribution in [3.63, 3.8) is 0 Å². The van der Waals surface area contributed by atoms with E-state index < -0.39 is 15.9 Å². The first-order valence-electron chi connectivity index (χ1n) is 5.66. The second-order valence-corrected chi connectivity index (χ2v) is 4.78. The Kier molecular flexibility index (Phi) is 4.01. The Morgan fingerprint density at radius 2 is 2.18 bits per heavy atom. The molecule has 0 N–H and O–H groups in total. The van der Waals surface area contributed by atoms with E-state index in [1.54, 1.807) is 7.11 Å². The van der Waals surface area contributed by atoms with Crippen molar-refractivity contribution in [1.82, 2.24) is 4.98 Å². The van der Waals surface area contributed by atoms with Crippen molar-refractivity contribution in [1.29, 1.82) is 0 Å². The topological polar surface area (TPSA) is 31.4 Å². The molecule has 0 spiro atoms. The molecular formula is C13H15AlNO2. The molecule has 4 heteroatoms. The van der Waals surface area contributed by atoms with Crippen molar-refractivity contribution in [2.45, 2.75) is 20.3 Å². The van der Waals surface area contributed by atoms with E-state index in [9.17, 15) is 0 Å². The Morgan fingerprint density at radius 3 is 2.88 bits per heavy atom. The zero-order chi connectivity index (χ0) is 12.3. The molecule has 0 amide bonds. The predicted octanol–water partition coefficient (Wildman–Crippen LogP) is 2.67. The molecule has 0 aliphatic carbocycles. The molecule has 0 atom stereocenters. The zero-order valence-corrected chi connectivity index (χ0v) is 11.5. The van der Waals surface area contributed by atoms with Crippen LogP contribution in [-0.2, 0) is 10.2 Å². The largest absolute Gasteiger partial charge is 0.774 e. The summed E-state index contributed by atoms with van der Waals surface area (Å²) in [7, 11) is 1.65. The van der Waals surface area contributed by atoms with Gasteiger partial charge < -0.3 is 7.58 Å². The van der Waals surface area contributed by atoms with Gasteiger partial charge in [-0.2, -0.15) is 0 Å². The number of aromatic nitrogens is 1. The molecule has 0 aliphatic heterocycles. The highest BCUT2D eigenvalue weighted by Crippen LogP contribution is 2.27. The third kappa shape index (κ3) is 2.61. The summed E-state index contributed by atoms with van der Waals surface area (Å²) in [6, 6.07) is 8.17. The number of nitrogens with zero attached hydrogens (tertiary/aromatic N) is 1. The van der Waals surface area contributed by atoms with Crippen LogP contribution >= 0.6 is 0 Å². The summed E-state index contributed by atoms with van der Waals surface area (Å²) in [6.07, 6.45) is 1.00. The SMILES string of the molecule is CCc1cc(C)nc2c([O][Al][O]C)cccc12. The summed E-state index contributed by atoms with van der Waals surface area (Å²) in [5.41, 5.74) is 3.28. The summed E-state index contributed by atoms with van der Waals surface area (Å²) in [5, 5.41) is 1.17. The Labute approximate surface area is 108 Å². The Hall–Kier alpha value is -1.08. The molecule has 0 saturated carbocycles. The summed E-state index contributed by atoms with van der Waals surface area (Å²) in [6.45, 7) is 4.17. The smallest absolute Gasteiger partial charge is 0.624 e. The lowest BCUT2D eigenvalue weighted by Gasteiger charge is -2.11. The third-order valence-electron chi connectivity index (χ3n) is 2.67. The highest BCUT2D eigenvalue weighted by Gasteiger charge is 2.09. The lowest BCUT2D eigenvalue weighted by molar-refractivity contribution is 0.367. The van der Waals surface area contributed by atoms with Crippen LogP contribution in [0.15, 0.2) is 24.3 Å². The average molecular weight is 244 g/mol. The number of benzene rings is 1. The van der Waals surface area contributed by atoms with Crippen LogP contribution in [-0.4, -0.2) is 28.0 Å². The maximum atomic E-state index is 5.62. The van der Waals surface area contributed by atoms with Gasteiger partial charge in [0.15, 0.2) is 0 Å². The molecule has 0 aliphatic rings. The molecule has 1 aromatic carbocycles. The zero-order valence-electron chi connectivity index (χ0n) is 10.4. The van der Waals surface area contributed by atoms with E-state index in [1.165, 1.54) is 10.9 Å². The second kappa shape index (κ2) is 5.50. The van der Waals surface area contributed by atoms with E-state index in [0.29, 0.717) is 0 Å². The minimum atomic E-state index is -0.463. The number of para-hydroxylation sites is 1. The first-order chi connectivity index (χ1) is 8.26. The lowest BCUT2D eigenvalue weighted by Crippen LogP contribution is -2.05. The molecule has 0 unspecified atom stereocenters. The highest BCUT2D eigenvalue weighted by atomic mass is 27.2. The van der Waals surface area contributed by atoms with E-state index in [0.717, 1.165) is 23.4 Å². The van der Waals surface area contributed by atoms with Crippen molar-refractivity contribution >= 4 is 26.8 Å². The molecule has 0 fully saturated rings. The average Bonchev–Trinajstić information content (AvgIpc) is 2.35. The van der Waals surface area contributed by atoms with E-state index in [2.05, 4.69) is 24.0 Å². The van der Waals surface area contributed by atoms with Gasteiger partial charge in [-0.05, 0) is 31.0 Å². The fourth-order valence-electron chi connectivity index (χ4n) is 1.92. The van der Waals surface area contributed by atoms with Gasteiger partial charge in [-0.15, -0.1) is 0 Å². The standard InChI is InChI=1S/C12H13NO.CH3O.Al/c1-3-9-7-8(2)13-12-10(9)5-4-6-11(12)14;1-2;/h4-7,14H,3H2,1-2H3;1H3;/q;-1;+2/p-1. The normalized spacial score (nSPS) is 10.5. The molecule has 2 rings (SSSR count). The summed E-state index contributed by atoms with van der Waals surface area (Å²) in [5.74, 6) is 0.817. The maximum absolute atomic E-state index is 5.62. The van der Waals surface area contributed by atoms with E-state index in [4.69, 9.17) is 7.58 Å². The monoisotopic (exact) mass is 244 g/mol. The van der Waals surface area contributed by atoms with Crippen LogP contribution in [0.2, 0.25) is 0 Å². The first-order valence-corrected chi connectivity index (χ1v) is 6.61. The van der Waals surface area contributed by atoms with Crippen LogP contribution < -0.4 is 3.79 Å². The van der Waals surface area contributed by atoms with Gasteiger partial charge in [-0.25, -0.2) is 4.98 Å². The van der Waals surface area contributed by atoms with Gasteiger partial charge in [0.2, 0.25) is 0 Å². The number of rotatable bonds is 4. The molecular weight excluding hydrogens is 229 g/mol. The van der Waals surface area contributed by atoms with Crippen LogP contribution in [0.3, 0.4) is 0 Å². The fourth-order valence-corrected chi connectivity index (χ4v) is 2.31. The maximum Gasteiger partial charge on any atom is 0.774 e. The van der Waals surface area contributed by atoms with Gasteiger partial charge in [-0.3, -0.25) is 0 Å². The summed E-state index contributed by atoms with van der Waals surface area (Å²) >= 11 is -0.463. The van der Waals surface area contributed by atoms with Gasteiger partial charge in [0.05, 0.1) is 0 Å². The molecule has 0 bridgehead atoms. The summed E-state index contributed by atoms with van der Waals surface area (Å²) in [4.78, 5) is 4.57. The van der Waals surface area contributed by atoms with Gasteiger partial charge in [0, 0.05) is 18.2 Å². The van der Waals surface area contributed by atoms with E-state index >= 15 is 0 Å². The quantitative estimate of drug-likeness (QED) is 0.775. The van der Waals surface area contributed by atoms with Crippen molar-refractivity contribution in [3.05, 3.63) is 35.5 Å². The van der Waals surface area contributed by atoms with E-state index in [-0.39, 0.29) is 0 Å². The van der Waals surface area contributed by atoms with Crippen LogP contribution in [0.25, 0.3) is 10.9 Å². The van der Waals surface area contributed by atoms with Crippen molar-refractivity contribution in [3.8, 4) is 5.75 Å². The van der Waals surface area contributed by atoms with Crippen molar-refractivity contribution in [2.75, 3.05) is 7.11 Å². The van der Waals surface area contributed by atoms with Gasteiger partial charge in [0.25, 0.3) is 0 Å². The number of fused-ring (bicyclic) bond motifs is 1. The molecule has 0 saturated heterocycles. The minimum absolute atomic E-state index is 0.463.